The molecule has 0 aliphatic heterocycles. The third kappa shape index (κ3) is 1.11. The molecule has 72 valence electrons. The number of hydrogen-bond acceptors (Lipinski definition) is 2. The van der Waals surface area contributed by atoms with Gasteiger partial charge in [0.2, 0.25) is 0 Å². The lowest BCUT2D eigenvalue weighted by Crippen LogP contribution is -2.15. The number of thiophene rings is 1. The van der Waals surface area contributed by atoms with Crippen LogP contribution in [0, 0.1) is 0 Å². The van der Waals surface area contributed by atoms with Gasteiger partial charge in [0.15, 0.2) is 0 Å². The number of fused-ring (bicyclic) bond motifs is 3. The molecule has 0 radical (unpaired) electrons. The SMILES string of the molecule is N[C@@H]1CCCc2sc3ccccc3c21. The molecule has 1 aliphatic carbocycles. The molecule has 1 nitrogen and oxygen atoms in total. The highest BCUT2D eigenvalue weighted by Crippen LogP contribution is 2.39. The second kappa shape index (κ2) is 3.07. The van der Waals surface area contributed by atoms with Gasteiger partial charge in [-0.25, -0.2) is 0 Å². The molecule has 14 heavy (non-hydrogen) atoms. The van der Waals surface area contributed by atoms with Crippen molar-refractivity contribution in [3.05, 3.63) is 34.7 Å². The van der Waals surface area contributed by atoms with Crippen molar-refractivity contribution in [1.82, 2.24) is 0 Å². The second-order valence-electron chi connectivity index (χ2n) is 3.93. The molecule has 0 fully saturated rings. The quantitative estimate of drug-likeness (QED) is 0.699. The van der Waals surface area contributed by atoms with Crippen LogP contribution in [0.4, 0.5) is 0 Å². The Morgan fingerprint density at radius 3 is 3.07 bits per heavy atom. The molecular formula is C12H13NS. The van der Waals surface area contributed by atoms with Gasteiger partial charge in [-0.2, -0.15) is 0 Å². The normalized spacial score (nSPS) is 21.1. The largest absolute Gasteiger partial charge is 0.324 e. The maximum absolute atomic E-state index is 6.16. The number of aryl methyl sites for hydroxylation is 1. The summed E-state index contributed by atoms with van der Waals surface area (Å²) >= 11 is 1.92. The van der Waals surface area contributed by atoms with E-state index in [9.17, 15) is 0 Å². The van der Waals surface area contributed by atoms with Crippen LogP contribution in [0.3, 0.4) is 0 Å². The summed E-state index contributed by atoms with van der Waals surface area (Å²) < 4.78 is 1.40. The summed E-state index contributed by atoms with van der Waals surface area (Å²) in [5.74, 6) is 0. The van der Waals surface area contributed by atoms with Crippen molar-refractivity contribution in [1.29, 1.82) is 0 Å². The minimum atomic E-state index is 0.273. The highest BCUT2D eigenvalue weighted by atomic mass is 32.1. The fraction of sp³-hybridized carbons (Fsp3) is 0.333. The Kier molecular flexibility index (Phi) is 1.85. The molecule has 1 heterocycles. The van der Waals surface area contributed by atoms with Gasteiger partial charge in [-0.15, -0.1) is 11.3 Å². The highest BCUT2D eigenvalue weighted by molar-refractivity contribution is 7.19. The van der Waals surface area contributed by atoms with Crippen LogP contribution in [0.5, 0.6) is 0 Å². The molecule has 0 bridgehead atoms. The minimum Gasteiger partial charge on any atom is -0.324 e. The zero-order valence-corrected chi connectivity index (χ0v) is 8.81. The summed E-state index contributed by atoms with van der Waals surface area (Å²) in [6.07, 6.45) is 3.62. The molecule has 1 aromatic heterocycles. The Labute approximate surface area is 87.5 Å². The van der Waals surface area contributed by atoms with E-state index in [1.165, 1.54) is 33.4 Å². The monoisotopic (exact) mass is 203 g/mol. The van der Waals surface area contributed by atoms with Crippen LogP contribution in [0.2, 0.25) is 0 Å². The molecule has 0 unspecified atom stereocenters. The van der Waals surface area contributed by atoms with Crippen molar-refractivity contribution in [2.45, 2.75) is 25.3 Å². The van der Waals surface area contributed by atoms with Gasteiger partial charge in [-0.3, -0.25) is 0 Å². The lowest BCUT2D eigenvalue weighted by atomic mass is 9.92. The van der Waals surface area contributed by atoms with E-state index in [-0.39, 0.29) is 6.04 Å². The number of benzene rings is 1. The zero-order chi connectivity index (χ0) is 9.54. The third-order valence-corrected chi connectivity index (χ3v) is 4.25. The third-order valence-electron chi connectivity index (χ3n) is 3.00. The molecule has 2 N–H and O–H groups in total. The van der Waals surface area contributed by atoms with Crippen LogP contribution in [0.25, 0.3) is 10.1 Å². The maximum atomic E-state index is 6.16. The fourth-order valence-electron chi connectivity index (χ4n) is 2.34. The van der Waals surface area contributed by atoms with E-state index < -0.39 is 0 Å². The Morgan fingerprint density at radius 2 is 2.14 bits per heavy atom. The van der Waals surface area contributed by atoms with Crippen molar-refractivity contribution < 1.29 is 0 Å². The summed E-state index contributed by atoms with van der Waals surface area (Å²) in [7, 11) is 0. The summed E-state index contributed by atoms with van der Waals surface area (Å²) in [4.78, 5) is 1.52. The molecule has 0 saturated carbocycles. The maximum Gasteiger partial charge on any atom is 0.0349 e. The molecule has 1 aromatic carbocycles. The van der Waals surface area contributed by atoms with Gasteiger partial charge in [0.1, 0.15) is 0 Å². The van der Waals surface area contributed by atoms with Crippen molar-refractivity contribution in [3.63, 3.8) is 0 Å². The average molecular weight is 203 g/mol. The van der Waals surface area contributed by atoms with E-state index in [2.05, 4.69) is 24.3 Å². The highest BCUT2D eigenvalue weighted by Gasteiger charge is 2.21. The first-order valence-electron chi connectivity index (χ1n) is 5.12. The van der Waals surface area contributed by atoms with E-state index in [1.54, 1.807) is 0 Å². The van der Waals surface area contributed by atoms with Crippen molar-refractivity contribution in [2.75, 3.05) is 0 Å². The molecule has 0 amide bonds. The predicted molar refractivity (Wildman–Crippen MR) is 61.7 cm³/mol. The summed E-state index contributed by atoms with van der Waals surface area (Å²) in [6.45, 7) is 0. The summed E-state index contributed by atoms with van der Waals surface area (Å²) in [6, 6.07) is 8.89. The van der Waals surface area contributed by atoms with E-state index >= 15 is 0 Å². The van der Waals surface area contributed by atoms with Gasteiger partial charge in [0, 0.05) is 15.6 Å². The molecular weight excluding hydrogens is 190 g/mol. The standard InChI is InChI=1S/C12H13NS/c13-9-5-3-7-11-12(9)8-4-1-2-6-10(8)14-11/h1-2,4,6,9H,3,5,7,13H2/t9-/m1/s1. The molecule has 2 heteroatoms. The molecule has 2 aromatic rings. The number of rotatable bonds is 0. The summed E-state index contributed by atoms with van der Waals surface area (Å²) in [5, 5.41) is 1.39. The van der Waals surface area contributed by atoms with Crippen LogP contribution in [-0.2, 0) is 6.42 Å². The smallest absolute Gasteiger partial charge is 0.0349 e. The van der Waals surface area contributed by atoms with Crippen LogP contribution in [0.15, 0.2) is 24.3 Å². The molecule has 1 aliphatic rings. The topological polar surface area (TPSA) is 26.0 Å². The molecule has 0 saturated heterocycles. The Hall–Kier alpha value is -0.860. The van der Waals surface area contributed by atoms with Gasteiger partial charge in [0.05, 0.1) is 0 Å². The Balaban J connectivity index is 2.34. The first-order chi connectivity index (χ1) is 6.86. The van der Waals surface area contributed by atoms with Crippen LogP contribution < -0.4 is 5.73 Å². The zero-order valence-electron chi connectivity index (χ0n) is 7.99. The lowest BCUT2D eigenvalue weighted by molar-refractivity contribution is 0.581. The lowest BCUT2D eigenvalue weighted by Gasteiger charge is -2.18. The van der Waals surface area contributed by atoms with Crippen molar-refractivity contribution >= 4 is 21.4 Å². The molecule has 1 atom stereocenters. The van der Waals surface area contributed by atoms with E-state index in [1.807, 2.05) is 11.3 Å². The predicted octanol–water partition coefficient (Wildman–Crippen LogP) is 3.24. The van der Waals surface area contributed by atoms with Gasteiger partial charge < -0.3 is 5.73 Å². The van der Waals surface area contributed by atoms with E-state index in [0.717, 1.165) is 6.42 Å². The minimum absolute atomic E-state index is 0.273. The molecule has 3 rings (SSSR count). The van der Waals surface area contributed by atoms with Crippen LogP contribution in [-0.4, -0.2) is 0 Å². The first kappa shape index (κ1) is 8.45. The second-order valence-corrected chi connectivity index (χ2v) is 5.07. The van der Waals surface area contributed by atoms with Gasteiger partial charge in [-0.05, 0) is 36.3 Å². The van der Waals surface area contributed by atoms with Gasteiger partial charge in [-0.1, -0.05) is 18.2 Å². The van der Waals surface area contributed by atoms with Gasteiger partial charge >= 0.3 is 0 Å². The number of hydrogen-bond donors (Lipinski definition) is 1. The van der Waals surface area contributed by atoms with E-state index in [0.29, 0.717) is 0 Å². The van der Waals surface area contributed by atoms with Crippen LogP contribution in [0.1, 0.15) is 29.3 Å². The van der Waals surface area contributed by atoms with Crippen molar-refractivity contribution in [3.8, 4) is 0 Å². The molecule has 0 spiro atoms. The van der Waals surface area contributed by atoms with Gasteiger partial charge in [0.25, 0.3) is 0 Å². The average Bonchev–Trinajstić information content (AvgIpc) is 2.57. The first-order valence-corrected chi connectivity index (χ1v) is 5.94. The number of nitrogens with two attached hydrogens (primary N) is 1. The Bertz CT molecular complexity index is 472. The van der Waals surface area contributed by atoms with Crippen LogP contribution >= 0.6 is 11.3 Å². The Morgan fingerprint density at radius 1 is 1.29 bits per heavy atom. The van der Waals surface area contributed by atoms with E-state index in [4.69, 9.17) is 5.73 Å². The summed E-state index contributed by atoms with van der Waals surface area (Å²) in [5.41, 5.74) is 7.59. The fourth-order valence-corrected chi connectivity index (χ4v) is 3.65. The van der Waals surface area contributed by atoms with Crippen molar-refractivity contribution in [2.24, 2.45) is 5.73 Å².